The zero-order valence-electron chi connectivity index (χ0n) is 17.8. The van der Waals surface area contributed by atoms with Crippen molar-refractivity contribution in [2.75, 3.05) is 43.1 Å². The third kappa shape index (κ3) is 4.01. The van der Waals surface area contributed by atoms with Gasteiger partial charge in [0.25, 0.3) is 0 Å². The first-order valence-corrected chi connectivity index (χ1v) is 10.6. The first-order chi connectivity index (χ1) is 14.4. The van der Waals surface area contributed by atoms with E-state index in [1.165, 1.54) is 0 Å². The number of halogens is 1. The van der Waals surface area contributed by atoms with Crippen LogP contribution in [0, 0.1) is 11.2 Å². The van der Waals surface area contributed by atoms with Crippen LogP contribution in [0.5, 0.6) is 0 Å². The number of anilines is 2. The van der Waals surface area contributed by atoms with Crippen molar-refractivity contribution >= 4 is 17.3 Å². The molecule has 2 aliphatic rings. The number of carbonyl (C=O) groups is 1. The Bertz CT molecular complexity index is 938. The molecule has 1 N–H and O–H groups in total. The molecule has 2 aliphatic heterocycles. The molecule has 2 aromatic rings. The summed E-state index contributed by atoms with van der Waals surface area (Å²) in [5, 5.41) is 3.63. The van der Waals surface area contributed by atoms with E-state index in [0.29, 0.717) is 44.2 Å². The van der Waals surface area contributed by atoms with Gasteiger partial charge in [0.05, 0.1) is 37.1 Å². The van der Waals surface area contributed by atoms with Gasteiger partial charge in [0.15, 0.2) is 0 Å². The van der Waals surface area contributed by atoms with Gasteiger partial charge in [-0.3, -0.25) is 0 Å². The van der Waals surface area contributed by atoms with Crippen molar-refractivity contribution in [3.05, 3.63) is 58.9 Å². The van der Waals surface area contributed by atoms with Gasteiger partial charge >= 0.3 is 5.97 Å². The Morgan fingerprint density at radius 1 is 1.23 bits per heavy atom. The molecule has 0 amide bonds. The zero-order valence-corrected chi connectivity index (χ0v) is 17.8. The Kier molecular flexibility index (Phi) is 5.69. The predicted octanol–water partition coefficient (Wildman–Crippen LogP) is 4.57. The highest BCUT2D eigenvalue weighted by Gasteiger charge is 2.36. The topological polar surface area (TPSA) is 50.8 Å². The fourth-order valence-electron chi connectivity index (χ4n) is 4.46. The molecule has 1 unspecified atom stereocenters. The molecule has 4 rings (SSSR count). The van der Waals surface area contributed by atoms with Crippen molar-refractivity contribution in [3.8, 4) is 0 Å². The van der Waals surface area contributed by atoms with Crippen LogP contribution in [0.25, 0.3) is 0 Å². The van der Waals surface area contributed by atoms with Crippen LogP contribution in [0.1, 0.15) is 48.3 Å². The third-order valence-corrected chi connectivity index (χ3v) is 6.00. The minimum Gasteiger partial charge on any atom is -0.462 e. The molecule has 160 valence electrons. The van der Waals surface area contributed by atoms with Gasteiger partial charge in [-0.1, -0.05) is 19.9 Å². The highest BCUT2D eigenvalue weighted by molar-refractivity contribution is 5.90. The maximum Gasteiger partial charge on any atom is 0.338 e. The summed E-state index contributed by atoms with van der Waals surface area (Å²) in [5.74, 6) is -0.498. The molecule has 0 aromatic heterocycles. The molecule has 0 aliphatic carbocycles. The van der Waals surface area contributed by atoms with Crippen LogP contribution in [0.3, 0.4) is 0 Å². The van der Waals surface area contributed by atoms with Crippen molar-refractivity contribution in [3.63, 3.8) is 0 Å². The third-order valence-electron chi connectivity index (χ3n) is 6.00. The number of rotatable bonds is 4. The molecule has 1 saturated heterocycles. The normalized spacial score (nSPS) is 20.3. The van der Waals surface area contributed by atoms with E-state index in [2.05, 4.69) is 24.1 Å². The molecule has 1 atom stereocenters. The Hall–Kier alpha value is -2.60. The second-order valence-electron chi connectivity index (χ2n) is 8.65. The highest BCUT2D eigenvalue weighted by Crippen LogP contribution is 2.45. The van der Waals surface area contributed by atoms with Gasteiger partial charge in [0.2, 0.25) is 0 Å². The van der Waals surface area contributed by atoms with E-state index in [9.17, 15) is 9.18 Å². The summed E-state index contributed by atoms with van der Waals surface area (Å²) >= 11 is 0. The number of ether oxygens (including phenoxy) is 2. The quantitative estimate of drug-likeness (QED) is 0.746. The van der Waals surface area contributed by atoms with Crippen LogP contribution in [-0.4, -0.2) is 38.9 Å². The lowest BCUT2D eigenvalue weighted by molar-refractivity contribution is 0.0526. The molecule has 0 saturated carbocycles. The molecule has 2 aromatic carbocycles. The molecule has 0 bridgehead atoms. The number of nitrogens with zero attached hydrogens (tertiary/aromatic N) is 1. The first-order valence-electron chi connectivity index (χ1n) is 10.6. The number of morpholine rings is 1. The van der Waals surface area contributed by atoms with E-state index in [1.807, 2.05) is 24.3 Å². The van der Waals surface area contributed by atoms with Gasteiger partial charge in [0.1, 0.15) is 5.82 Å². The molecule has 0 radical (unpaired) electrons. The standard InChI is InChI=1S/C24H29FN2O3/c1-4-30-23(28)17-6-8-20-18(13-17)15-24(2,3)22(26-20)16-5-7-19(25)21(14-16)27-9-11-29-12-10-27/h5-8,13-14,22,26H,4,9-12,15H2,1-3H3. The average Bonchev–Trinajstić information content (AvgIpc) is 2.73. The molecule has 0 spiro atoms. The number of fused-ring (bicyclic) bond motifs is 1. The largest absolute Gasteiger partial charge is 0.462 e. The number of nitrogens with one attached hydrogen (secondary N) is 1. The van der Waals surface area contributed by atoms with Crippen molar-refractivity contribution in [2.45, 2.75) is 33.2 Å². The van der Waals surface area contributed by atoms with E-state index >= 15 is 0 Å². The molecular formula is C24H29FN2O3. The zero-order chi connectivity index (χ0) is 21.3. The van der Waals surface area contributed by atoms with E-state index < -0.39 is 0 Å². The second kappa shape index (κ2) is 8.26. The summed E-state index contributed by atoms with van der Waals surface area (Å²) in [6.07, 6.45) is 0.803. The fraction of sp³-hybridized carbons (Fsp3) is 0.458. The smallest absolute Gasteiger partial charge is 0.338 e. The van der Waals surface area contributed by atoms with Crippen LogP contribution in [0.15, 0.2) is 36.4 Å². The molecule has 30 heavy (non-hydrogen) atoms. The Balaban J connectivity index is 1.64. The van der Waals surface area contributed by atoms with Gasteiger partial charge in [-0.05, 0) is 60.2 Å². The van der Waals surface area contributed by atoms with Crippen LogP contribution in [0.4, 0.5) is 15.8 Å². The lowest BCUT2D eigenvalue weighted by Crippen LogP contribution is -2.37. The summed E-state index contributed by atoms with van der Waals surface area (Å²) in [5.41, 5.74) is 4.24. The van der Waals surface area contributed by atoms with Gasteiger partial charge in [-0.2, -0.15) is 0 Å². The van der Waals surface area contributed by atoms with Gasteiger partial charge in [0, 0.05) is 18.8 Å². The lowest BCUT2D eigenvalue weighted by Gasteiger charge is -2.42. The van der Waals surface area contributed by atoms with Crippen LogP contribution in [-0.2, 0) is 15.9 Å². The van der Waals surface area contributed by atoms with E-state index in [0.717, 1.165) is 23.2 Å². The molecular weight excluding hydrogens is 383 g/mol. The summed E-state index contributed by atoms with van der Waals surface area (Å²) in [7, 11) is 0. The number of hydrogen-bond acceptors (Lipinski definition) is 5. The Morgan fingerprint density at radius 3 is 2.73 bits per heavy atom. The summed E-state index contributed by atoms with van der Waals surface area (Å²) in [6, 6.07) is 11.1. The lowest BCUT2D eigenvalue weighted by atomic mass is 9.72. The van der Waals surface area contributed by atoms with Gasteiger partial charge in [-0.15, -0.1) is 0 Å². The molecule has 1 fully saturated rings. The fourth-order valence-corrected chi connectivity index (χ4v) is 4.46. The van der Waals surface area contributed by atoms with E-state index in [4.69, 9.17) is 9.47 Å². The van der Waals surface area contributed by atoms with Crippen LogP contribution in [0.2, 0.25) is 0 Å². The Labute approximate surface area is 177 Å². The minimum atomic E-state index is -0.297. The first kappa shape index (κ1) is 20.7. The number of carbonyl (C=O) groups excluding carboxylic acids is 1. The molecule has 5 nitrogen and oxygen atoms in total. The predicted molar refractivity (Wildman–Crippen MR) is 116 cm³/mol. The number of benzene rings is 2. The SMILES string of the molecule is CCOC(=O)c1ccc2c(c1)CC(C)(C)C(c1ccc(F)c(N3CCOCC3)c1)N2. The van der Waals surface area contributed by atoms with Crippen molar-refractivity contribution in [1.29, 1.82) is 0 Å². The van der Waals surface area contributed by atoms with Gasteiger partial charge in [-0.25, -0.2) is 9.18 Å². The van der Waals surface area contributed by atoms with E-state index in [-0.39, 0.29) is 23.2 Å². The number of hydrogen-bond donors (Lipinski definition) is 1. The minimum absolute atomic E-state index is 0.0267. The highest BCUT2D eigenvalue weighted by atomic mass is 19.1. The summed E-state index contributed by atoms with van der Waals surface area (Å²) in [4.78, 5) is 14.2. The monoisotopic (exact) mass is 412 g/mol. The number of esters is 1. The molecule has 6 heteroatoms. The Morgan fingerprint density at radius 2 is 2.00 bits per heavy atom. The maximum absolute atomic E-state index is 14.6. The second-order valence-corrected chi connectivity index (χ2v) is 8.65. The van der Waals surface area contributed by atoms with Crippen LogP contribution < -0.4 is 10.2 Å². The van der Waals surface area contributed by atoms with Crippen molar-refractivity contribution in [2.24, 2.45) is 5.41 Å². The van der Waals surface area contributed by atoms with Crippen LogP contribution >= 0.6 is 0 Å². The summed E-state index contributed by atoms with van der Waals surface area (Å²) < 4.78 is 25.1. The average molecular weight is 413 g/mol. The van der Waals surface area contributed by atoms with E-state index in [1.54, 1.807) is 19.1 Å². The van der Waals surface area contributed by atoms with Crippen molar-refractivity contribution in [1.82, 2.24) is 0 Å². The molecule has 2 heterocycles. The van der Waals surface area contributed by atoms with Gasteiger partial charge < -0.3 is 19.7 Å². The maximum atomic E-state index is 14.6. The van der Waals surface area contributed by atoms with Crippen molar-refractivity contribution < 1.29 is 18.7 Å². The summed E-state index contributed by atoms with van der Waals surface area (Å²) in [6.45, 7) is 9.19.